The lowest BCUT2D eigenvalue weighted by molar-refractivity contribution is -0.114. The van der Waals surface area contributed by atoms with Crippen molar-refractivity contribution in [3.63, 3.8) is 0 Å². The monoisotopic (exact) mass is 336 g/mol. The summed E-state index contributed by atoms with van der Waals surface area (Å²) >= 11 is 5.26. The molecule has 6 nitrogen and oxygen atoms in total. The predicted molar refractivity (Wildman–Crippen MR) is 90.7 cm³/mol. The van der Waals surface area contributed by atoms with Crippen LogP contribution in [0.25, 0.3) is 11.1 Å². The number of nitriles is 2. The summed E-state index contributed by atoms with van der Waals surface area (Å²) in [5.74, 6) is -0.990. The van der Waals surface area contributed by atoms with E-state index in [1.807, 2.05) is 12.1 Å². The number of rotatable bonds is 2. The van der Waals surface area contributed by atoms with E-state index in [1.165, 1.54) is 13.8 Å². The van der Waals surface area contributed by atoms with E-state index in [-0.39, 0.29) is 21.6 Å². The molecule has 0 radical (unpaired) electrons. The molecule has 2 rings (SSSR count). The second-order valence-corrected chi connectivity index (χ2v) is 5.29. The number of pyridine rings is 1. The third-order valence-corrected chi connectivity index (χ3v) is 3.66. The number of carbonyl (C=O) groups excluding carboxylic acids is 2. The lowest BCUT2D eigenvalue weighted by Gasteiger charge is -2.17. The fourth-order valence-electron chi connectivity index (χ4n) is 2.37. The van der Waals surface area contributed by atoms with Crippen LogP contribution in [0.3, 0.4) is 0 Å². The van der Waals surface area contributed by atoms with Gasteiger partial charge in [0.05, 0.1) is 5.56 Å². The minimum atomic E-state index is -0.503. The molecule has 0 fully saturated rings. The minimum absolute atomic E-state index is 0.0109. The van der Waals surface area contributed by atoms with E-state index in [0.717, 1.165) is 4.57 Å². The van der Waals surface area contributed by atoms with Gasteiger partial charge in [0, 0.05) is 19.4 Å². The number of hydrogen-bond acceptors (Lipinski definition) is 5. The number of benzene rings is 1. The van der Waals surface area contributed by atoms with E-state index in [9.17, 15) is 20.1 Å². The number of nitrogens with zero attached hydrogens (tertiary/aromatic N) is 3. The molecule has 0 spiro atoms. The van der Waals surface area contributed by atoms with Crippen LogP contribution in [0.15, 0.2) is 30.3 Å². The van der Waals surface area contributed by atoms with Gasteiger partial charge in [-0.3, -0.25) is 14.2 Å². The van der Waals surface area contributed by atoms with E-state index in [1.54, 1.807) is 30.3 Å². The molecule has 2 aromatic rings. The summed E-state index contributed by atoms with van der Waals surface area (Å²) in [5, 5.41) is 21.6. The van der Waals surface area contributed by atoms with Gasteiger partial charge < -0.3 is 5.32 Å². The number of amides is 1. The van der Waals surface area contributed by atoms with E-state index < -0.39 is 11.8 Å². The van der Waals surface area contributed by atoms with Gasteiger partial charge >= 0.3 is 0 Å². The maximum Gasteiger partial charge on any atom is 0.230 e. The van der Waals surface area contributed by atoms with Crippen molar-refractivity contribution in [1.82, 2.24) is 4.57 Å². The summed E-state index contributed by atoms with van der Waals surface area (Å²) in [6, 6.07) is 12.7. The molecule has 1 heterocycles. The Labute approximate surface area is 143 Å². The maximum atomic E-state index is 12.0. The fourth-order valence-corrected chi connectivity index (χ4v) is 2.73. The molecule has 118 valence electrons. The standard InChI is InChI=1S/C17H12N4O2S/c1-10(22)20-16-13(8-18)15(12-6-4-3-5-7-12)14(9-19)17(24)21(16)11(2)23/h3-7H,1-2H3,(H,20,22). The van der Waals surface area contributed by atoms with Gasteiger partial charge in [0.1, 0.15) is 28.2 Å². The molecule has 0 aliphatic heterocycles. The molecule has 24 heavy (non-hydrogen) atoms. The number of anilines is 1. The highest BCUT2D eigenvalue weighted by Crippen LogP contribution is 2.33. The minimum Gasteiger partial charge on any atom is -0.311 e. The zero-order chi connectivity index (χ0) is 17.9. The Balaban J connectivity index is 3.06. The van der Waals surface area contributed by atoms with Crippen molar-refractivity contribution in [3.05, 3.63) is 46.1 Å². The van der Waals surface area contributed by atoms with Gasteiger partial charge in [0.25, 0.3) is 0 Å². The Kier molecular flexibility index (Phi) is 4.88. The van der Waals surface area contributed by atoms with Crippen LogP contribution in [0.4, 0.5) is 5.82 Å². The van der Waals surface area contributed by atoms with Crippen LogP contribution in [0.1, 0.15) is 29.8 Å². The molecule has 0 atom stereocenters. The molecule has 0 aliphatic rings. The van der Waals surface area contributed by atoms with Crippen molar-refractivity contribution in [3.8, 4) is 23.3 Å². The predicted octanol–water partition coefficient (Wildman–Crippen LogP) is 3.25. The molecule has 0 saturated carbocycles. The van der Waals surface area contributed by atoms with Crippen LogP contribution in [0, 0.1) is 27.3 Å². The van der Waals surface area contributed by atoms with Crippen LogP contribution in [0.5, 0.6) is 0 Å². The van der Waals surface area contributed by atoms with Crippen molar-refractivity contribution in [2.75, 3.05) is 5.32 Å². The third kappa shape index (κ3) is 2.94. The Hall–Kier alpha value is -3.29. The molecule has 0 saturated heterocycles. The number of carbonyl (C=O) groups is 2. The van der Waals surface area contributed by atoms with Gasteiger partial charge in [-0.05, 0) is 5.56 Å². The van der Waals surface area contributed by atoms with E-state index in [0.29, 0.717) is 11.1 Å². The second kappa shape index (κ2) is 6.86. The maximum absolute atomic E-state index is 12.0. The van der Waals surface area contributed by atoms with Crippen LogP contribution in [0.2, 0.25) is 0 Å². The normalized spacial score (nSPS) is 9.67. The molecule has 7 heteroatoms. The van der Waals surface area contributed by atoms with Crippen molar-refractivity contribution >= 4 is 29.9 Å². The summed E-state index contributed by atoms with van der Waals surface area (Å²) < 4.78 is 0.951. The average Bonchev–Trinajstić information content (AvgIpc) is 2.54. The molecule has 0 aliphatic carbocycles. The first-order valence-electron chi connectivity index (χ1n) is 6.89. The summed E-state index contributed by atoms with van der Waals surface area (Å²) in [6.45, 7) is 2.50. The van der Waals surface area contributed by atoms with Gasteiger partial charge in [0.2, 0.25) is 11.8 Å². The largest absolute Gasteiger partial charge is 0.311 e. The number of nitrogens with one attached hydrogen (secondary N) is 1. The average molecular weight is 336 g/mol. The van der Waals surface area contributed by atoms with Gasteiger partial charge in [-0.1, -0.05) is 42.5 Å². The molecular weight excluding hydrogens is 324 g/mol. The zero-order valence-corrected chi connectivity index (χ0v) is 13.8. The Morgan fingerprint density at radius 3 is 2.12 bits per heavy atom. The number of hydrogen-bond donors (Lipinski definition) is 1. The summed E-state index contributed by atoms with van der Waals surface area (Å²) in [4.78, 5) is 23.5. The van der Waals surface area contributed by atoms with Crippen molar-refractivity contribution in [1.29, 1.82) is 10.5 Å². The van der Waals surface area contributed by atoms with E-state index in [4.69, 9.17) is 12.2 Å². The highest BCUT2D eigenvalue weighted by Gasteiger charge is 2.23. The van der Waals surface area contributed by atoms with Gasteiger partial charge in [-0.25, -0.2) is 0 Å². The highest BCUT2D eigenvalue weighted by molar-refractivity contribution is 7.71. The molecule has 0 bridgehead atoms. The SMILES string of the molecule is CC(=O)Nc1c(C#N)c(-c2ccccc2)c(C#N)c(=S)n1C(C)=O. The quantitative estimate of drug-likeness (QED) is 0.849. The van der Waals surface area contributed by atoms with Crippen LogP contribution >= 0.6 is 12.2 Å². The van der Waals surface area contributed by atoms with Crippen LogP contribution in [-0.2, 0) is 4.79 Å². The molecule has 1 aromatic carbocycles. The van der Waals surface area contributed by atoms with Gasteiger partial charge in [-0.2, -0.15) is 10.5 Å². The van der Waals surface area contributed by atoms with Gasteiger partial charge in [0.15, 0.2) is 0 Å². The van der Waals surface area contributed by atoms with E-state index in [2.05, 4.69) is 5.32 Å². The molecule has 1 amide bonds. The summed E-state index contributed by atoms with van der Waals surface area (Å²) in [6.07, 6.45) is 0. The van der Waals surface area contributed by atoms with Crippen molar-refractivity contribution in [2.24, 2.45) is 0 Å². The van der Waals surface area contributed by atoms with Gasteiger partial charge in [-0.15, -0.1) is 0 Å². The van der Waals surface area contributed by atoms with Crippen LogP contribution in [-0.4, -0.2) is 16.4 Å². The lowest BCUT2D eigenvalue weighted by atomic mass is 9.96. The Morgan fingerprint density at radius 2 is 1.67 bits per heavy atom. The molecule has 1 aromatic heterocycles. The van der Waals surface area contributed by atoms with Crippen LogP contribution < -0.4 is 5.32 Å². The van der Waals surface area contributed by atoms with Crippen molar-refractivity contribution in [2.45, 2.75) is 13.8 Å². The Bertz CT molecular complexity index is 979. The lowest BCUT2D eigenvalue weighted by Crippen LogP contribution is -2.21. The third-order valence-electron chi connectivity index (χ3n) is 3.27. The first-order valence-corrected chi connectivity index (χ1v) is 7.30. The first kappa shape index (κ1) is 17.1. The molecule has 1 N–H and O–H groups in total. The van der Waals surface area contributed by atoms with Crippen molar-refractivity contribution < 1.29 is 9.59 Å². The number of aromatic nitrogens is 1. The Morgan fingerprint density at radius 1 is 1.08 bits per heavy atom. The highest BCUT2D eigenvalue weighted by atomic mass is 32.1. The zero-order valence-electron chi connectivity index (χ0n) is 13.0. The summed E-state index contributed by atoms with van der Waals surface area (Å²) in [5.41, 5.74) is 0.944. The smallest absolute Gasteiger partial charge is 0.230 e. The molecule has 0 unspecified atom stereocenters. The fraction of sp³-hybridized carbons (Fsp3) is 0.118. The molecular formula is C17H12N4O2S. The topological polar surface area (TPSA) is 98.7 Å². The second-order valence-electron chi connectivity index (χ2n) is 4.90. The van der Waals surface area contributed by atoms with E-state index >= 15 is 0 Å². The first-order chi connectivity index (χ1) is 11.4. The summed E-state index contributed by atoms with van der Waals surface area (Å²) in [7, 11) is 0.